The summed E-state index contributed by atoms with van der Waals surface area (Å²) in [4.78, 5) is 13.9. The van der Waals surface area contributed by atoms with E-state index in [2.05, 4.69) is 4.72 Å². The Bertz CT molecular complexity index is 957. The summed E-state index contributed by atoms with van der Waals surface area (Å²) in [5.74, 6) is -0.0333. The van der Waals surface area contributed by atoms with E-state index in [1.165, 1.54) is 22.7 Å². The second-order valence-electron chi connectivity index (χ2n) is 5.25. The van der Waals surface area contributed by atoms with Crippen molar-refractivity contribution in [3.8, 4) is 0 Å². The molecule has 124 valence electrons. The van der Waals surface area contributed by atoms with E-state index in [9.17, 15) is 13.2 Å². The summed E-state index contributed by atoms with van der Waals surface area (Å²) in [6.07, 6.45) is 0. The fourth-order valence-electron chi connectivity index (χ4n) is 2.16. The number of hydrogen-bond acceptors (Lipinski definition) is 5. The molecule has 1 aromatic carbocycles. The third-order valence-electron chi connectivity index (χ3n) is 3.41. The lowest BCUT2D eigenvalue weighted by molar-refractivity contribution is 0.104. The third-order valence-corrected chi connectivity index (χ3v) is 6.57. The highest BCUT2D eigenvalue weighted by Gasteiger charge is 2.16. The molecule has 1 N–H and O–H groups in total. The lowest BCUT2D eigenvalue weighted by Gasteiger charge is -2.06. The van der Waals surface area contributed by atoms with Crippen molar-refractivity contribution in [1.82, 2.24) is 4.72 Å². The van der Waals surface area contributed by atoms with E-state index >= 15 is 0 Å². The molecule has 2 aromatic heterocycles. The molecule has 4 nitrogen and oxygen atoms in total. The fraction of sp³-hybridized carbons (Fsp3) is 0.118. The van der Waals surface area contributed by atoms with Gasteiger partial charge in [0.2, 0.25) is 15.8 Å². The van der Waals surface area contributed by atoms with Gasteiger partial charge in [-0.15, -0.1) is 11.3 Å². The normalized spacial score (nSPS) is 11.5. The average Bonchev–Trinajstić information content (AvgIpc) is 3.24. The van der Waals surface area contributed by atoms with Gasteiger partial charge in [-0.2, -0.15) is 11.3 Å². The summed E-state index contributed by atoms with van der Waals surface area (Å²) in [7, 11) is -3.56. The number of carbonyl (C=O) groups excluding carboxylic acids is 1. The van der Waals surface area contributed by atoms with Crippen molar-refractivity contribution >= 4 is 38.5 Å². The van der Waals surface area contributed by atoms with E-state index in [1.807, 2.05) is 23.8 Å². The smallest absolute Gasteiger partial charge is 0.240 e. The van der Waals surface area contributed by atoms with Crippen molar-refractivity contribution in [2.45, 2.75) is 18.4 Å². The second kappa shape index (κ2) is 6.98. The zero-order valence-corrected chi connectivity index (χ0v) is 15.3. The summed E-state index contributed by atoms with van der Waals surface area (Å²) in [5.41, 5.74) is 1.55. The van der Waals surface area contributed by atoms with E-state index in [1.54, 1.807) is 36.4 Å². The predicted octanol–water partition coefficient (Wildman–Crippen LogP) is 3.83. The first-order valence-electron chi connectivity index (χ1n) is 7.18. The van der Waals surface area contributed by atoms with Gasteiger partial charge >= 0.3 is 0 Å². The van der Waals surface area contributed by atoms with Crippen LogP contribution in [0.25, 0.3) is 0 Å². The molecule has 2 heterocycles. The van der Waals surface area contributed by atoms with Gasteiger partial charge in [0, 0.05) is 22.4 Å². The van der Waals surface area contributed by atoms with Gasteiger partial charge in [-0.05, 0) is 48.2 Å². The summed E-state index contributed by atoms with van der Waals surface area (Å²) < 4.78 is 27.2. The number of hydrogen-bond donors (Lipinski definition) is 1. The molecule has 0 aliphatic heterocycles. The molecule has 0 saturated carbocycles. The van der Waals surface area contributed by atoms with Crippen LogP contribution in [0.1, 0.15) is 25.7 Å². The largest absolute Gasteiger partial charge is 0.288 e. The number of sulfonamides is 1. The molecule has 24 heavy (non-hydrogen) atoms. The Morgan fingerprint density at radius 2 is 2.00 bits per heavy atom. The van der Waals surface area contributed by atoms with Crippen LogP contribution in [0.4, 0.5) is 0 Å². The number of nitrogens with one attached hydrogen (secondary N) is 1. The Balaban J connectivity index is 1.70. The molecule has 3 rings (SSSR count). The Hall–Kier alpha value is -1.80. The van der Waals surface area contributed by atoms with Gasteiger partial charge < -0.3 is 0 Å². The van der Waals surface area contributed by atoms with Crippen molar-refractivity contribution in [2.75, 3.05) is 0 Å². The molecule has 0 amide bonds. The van der Waals surface area contributed by atoms with Crippen molar-refractivity contribution in [2.24, 2.45) is 0 Å². The zero-order valence-electron chi connectivity index (χ0n) is 12.9. The van der Waals surface area contributed by atoms with Crippen LogP contribution in [0.2, 0.25) is 0 Å². The Morgan fingerprint density at radius 1 is 1.17 bits per heavy atom. The first-order valence-corrected chi connectivity index (χ1v) is 10.4. The van der Waals surface area contributed by atoms with E-state index in [-0.39, 0.29) is 17.2 Å². The minimum atomic E-state index is -3.56. The molecule has 0 aliphatic rings. The topological polar surface area (TPSA) is 63.2 Å². The number of thiophene rings is 2. The number of carbonyl (C=O) groups is 1. The number of ketones is 1. The van der Waals surface area contributed by atoms with Gasteiger partial charge in [0.1, 0.15) is 0 Å². The average molecular weight is 378 g/mol. The van der Waals surface area contributed by atoms with Crippen molar-refractivity contribution in [3.05, 3.63) is 74.1 Å². The van der Waals surface area contributed by atoms with E-state index in [4.69, 9.17) is 0 Å². The Kier molecular flexibility index (Phi) is 4.96. The number of aryl methyl sites for hydroxylation is 1. The first-order chi connectivity index (χ1) is 11.5. The predicted molar refractivity (Wildman–Crippen MR) is 97.3 cm³/mol. The molecule has 0 aliphatic carbocycles. The highest BCUT2D eigenvalue weighted by Crippen LogP contribution is 2.22. The maximum absolute atomic E-state index is 12.3. The monoisotopic (exact) mass is 377 g/mol. The van der Waals surface area contributed by atoms with E-state index in [0.29, 0.717) is 10.4 Å². The lowest BCUT2D eigenvalue weighted by atomic mass is 10.2. The minimum absolute atomic E-state index is 0.0333. The SMILES string of the molecule is Cc1cccc(S(=O)(=O)NCc2ccc(C(=O)c3ccsc3)s2)c1. The Labute approximate surface area is 148 Å². The molecule has 0 radical (unpaired) electrons. The molecular formula is C17H15NO3S3. The van der Waals surface area contributed by atoms with Gasteiger partial charge in [-0.25, -0.2) is 13.1 Å². The molecule has 0 spiro atoms. The molecular weight excluding hydrogens is 362 g/mol. The van der Waals surface area contributed by atoms with Gasteiger partial charge in [-0.3, -0.25) is 4.79 Å². The molecule has 0 unspecified atom stereocenters. The van der Waals surface area contributed by atoms with Crippen LogP contribution in [0, 0.1) is 6.92 Å². The lowest BCUT2D eigenvalue weighted by Crippen LogP contribution is -2.22. The minimum Gasteiger partial charge on any atom is -0.288 e. The molecule has 0 fully saturated rings. The summed E-state index contributed by atoms with van der Waals surface area (Å²) >= 11 is 2.78. The Morgan fingerprint density at radius 3 is 2.71 bits per heavy atom. The van der Waals surface area contributed by atoms with Crippen molar-refractivity contribution in [1.29, 1.82) is 0 Å². The summed E-state index contributed by atoms with van der Waals surface area (Å²) in [6, 6.07) is 12.1. The van der Waals surface area contributed by atoms with Crippen LogP contribution in [-0.2, 0) is 16.6 Å². The van der Waals surface area contributed by atoms with Gasteiger partial charge in [0.05, 0.1) is 9.77 Å². The standard InChI is InChI=1S/C17H15NO3S3/c1-12-3-2-4-15(9-12)24(20,21)18-10-14-5-6-16(23-14)17(19)13-7-8-22-11-13/h2-9,11,18H,10H2,1H3. The quantitative estimate of drug-likeness (QED) is 0.664. The number of rotatable bonds is 6. The molecule has 0 bridgehead atoms. The van der Waals surface area contributed by atoms with Gasteiger partial charge in [0.25, 0.3) is 0 Å². The highest BCUT2D eigenvalue weighted by atomic mass is 32.2. The third kappa shape index (κ3) is 3.81. The van der Waals surface area contributed by atoms with Crippen LogP contribution in [-0.4, -0.2) is 14.2 Å². The maximum Gasteiger partial charge on any atom is 0.240 e. The highest BCUT2D eigenvalue weighted by molar-refractivity contribution is 7.89. The van der Waals surface area contributed by atoms with Crippen LogP contribution in [0.3, 0.4) is 0 Å². The second-order valence-corrected chi connectivity index (χ2v) is 8.96. The summed E-state index contributed by atoms with van der Waals surface area (Å²) in [5, 5.41) is 3.67. The maximum atomic E-state index is 12.3. The van der Waals surface area contributed by atoms with Crippen LogP contribution in [0.15, 0.2) is 58.1 Å². The molecule has 0 atom stereocenters. The van der Waals surface area contributed by atoms with Crippen molar-refractivity contribution < 1.29 is 13.2 Å². The van der Waals surface area contributed by atoms with Gasteiger partial charge in [0.15, 0.2) is 0 Å². The van der Waals surface area contributed by atoms with E-state index < -0.39 is 10.0 Å². The molecule has 7 heteroatoms. The zero-order chi connectivity index (χ0) is 17.2. The van der Waals surface area contributed by atoms with E-state index in [0.717, 1.165) is 10.4 Å². The molecule has 0 saturated heterocycles. The molecule has 3 aromatic rings. The summed E-state index contributed by atoms with van der Waals surface area (Å²) in [6.45, 7) is 2.01. The van der Waals surface area contributed by atoms with Crippen LogP contribution < -0.4 is 4.72 Å². The van der Waals surface area contributed by atoms with Gasteiger partial charge in [-0.1, -0.05) is 12.1 Å². The number of benzene rings is 1. The van der Waals surface area contributed by atoms with Crippen LogP contribution in [0.5, 0.6) is 0 Å². The van der Waals surface area contributed by atoms with Crippen LogP contribution >= 0.6 is 22.7 Å². The van der Waals surface area contributed by atoms with Crippen molar-refractivity contribution in [3.63, 3.8) is 0 Å². The fourth-order valence-corrected chi connectivity index (χ4v) is 4.91. The first kappa shape index (κ1) is 17.0.